The lowest BCUT2D eigenvalue weighted by atomic mass is 10.1. The summed E-state index contributed by atoms with van der Waals surface area (Å²) in [6, 6.07) is 15.8. The minimum Gasteiger partial charge on any atom is -0.354 e. The van der Waals surface area contributed by atoms with Crippen LogP contribution in [0.1, 0.15) is 18.1 Å². The largest absolute Gasteiger partial charge is 0.354 e. The average molecular weight is 344 g/mol. The fraction of sp³-hybridized carbons (Fsp3) is 0.111. The van der Waals surface area contributed by atoms with E-state index >= 15 is 0 Å². The van der Waals surface area contributed by atoms with Gasteiger partial charge in [0.1, 0.15) is 6.07 Å². The molecule has 116 valence electrons. The number of nitriles is 1. The molecule has 0 fully saturated rings. The summed E-state index contributed by atoms with van der Waals surface area (Å²) in [4.78, 5) is 4.36. The molecular formula is C18H15Cl2N3. The molecule has 3 rings (SSSR count). The van der Waals surface area contributed by atoms with Gasteiger partial charge in [0.25, 0.3) is 0 Å². The summed E-state index contributed by atoms with van der Waals surface area (Å²) >= 11 is 5.92. The summed E-state index contributed by atoms with van der Waals surface area (Å²) in [6.45, 7) is 2.11. The maximum absolute atomic E-state index is 9.38. The van der Waals surface area contributed by atoms with E-state index in [1.165, 1.54) is 5.56 Å². The molecule has 23 heavy (non-hydrogen) atoms. The fourth-order valence-electron chi connectivity index (χ4n) is 2.36. The van der Waals surface area contributed by atoms with Crippen LogP contribution in [0.5, 0.6) is 0 Å². The molecule has 0 saturated carbocycles. The SMILES string of the molecule is CCc1ccc2ncc(C#N)c(Nc3ccc(Cl)cc3)c2c1.Cl. The van der Waals surface area contributed by atoms with E-state index < -0.39 is 0 Å². The Morgan fingerprint density at radius 3 is 2.57 bits per heavy atom. The highest BCUT2D eigenvalue weighted by atomic mass is 35.5. The standard InChI is InChI=1S/C18H14ClN3.ClH/c1-2-12-3-8-17-16(9-12)18(13(10-20)11-21-17)22-15-6-4-14(19)5-7-15;/h3-9,11H,2H2,1H3,(H,21,22);1H. The van der Waals surface area contributed by atoms with Crippen molar-refractivity contribution in [2.45, 2.75) is 13.3 Å². The normalized spacial score (nSPS) is 9.96. The minimum atomic E-state index is 0. The third-order valence-corrected chi connectivity index (χ3v) is 3.83. The van der Waals surface area contributed by atoms with Gasteiger partial charge in [-0.1, -0.05) is 24.6 Å². The predicted molar refractivity (Wildman–Crippen MR) is 97.8 cm³/mol. The number of aryl methyl sites for hydroxylation is 1. The van der Waals surface area contributed by atoms with Gasteiger partial charge in [-0.25, -0.2) is 0 Å². The Labute approximate surface area is 146 Å². The second kappa shape index (κ2) is 7.32. The van der Waals surface area contributed by atoms with Crippen molar-refractivity contribution in [3.63, 3.8) is 0 Å². The molecule has 0 aliphatic heterocycles. The van der Waals surface area contributed by atoms with Crippen molar-refractivity contribution in [1.29, 1.82) is 5.26 Å². The van der Waals surface area contributed by atoms with Gasteiger partial charge in [-0.3, -0.25) is 4.98 Å². The number of hydrogen-bond acceptors (Lipinski definition) is 3. The first-order valence-corrected chi connectivity index (χ1v) is 7.43. The van der Waals surface area contributed by atoms with Gasteiger partial charge in [0.2, 0.25) is 0 Å². The van der Waals surface area contributed by atoms with Crippen molar-refractivity contribution in [3.8, 4) is 6.07 Å². The second-order valence-corrected chi connectivity index (χ2v) is 5.43. The zero-order valence-corrected chi connectivity index (χ0v) is 14.1. The number of hydrogen-bond donors (Lipinski definition) is 1. The van der Waals surface area contributed by atoms with Gasteiger partial charge in [-0.2, -0.15) is 5.26 Å². The van der Waals surface area contributed by atoms with Gasteiger partial charge in [-0.15, -0.1) is 12.4 Å². The number of anilines is 2. The summed E-state index contributed by atoms with van der Waals surface area (Å²) in [7, 11) is 0. The molecule has 3 nitrogen and oxygen atoms in total. The molecule has 2 aromatic carbocycles. The van der Waals surface area contributed by atoms with E-state index in [2.05, 4.69) is 35.4 Å². The topological polar surface area (TPSA) is 48.7 Å². The van der Waals surface area contributed by atoms with Crippen molar-refractivity contribution < 1.29 is 0 Å². The lowest BCUT2D eigenvalue weighted by Crippen LogP contribution is -1.97. The molecule has 0 aliphatic carbocycles. The third-order valence-electron chi connectivity index (χ3n) is 3.57. The maximum Gasteiger partial charge on any atom is 0.103 e. The monoisotopic (exact) mass is 343 g/mol. The number of halogens is 2. The van der Waals surface area contributed by atoms with E-state index in [0.29, 0.717) is 10.6 Å². The lowest BCUT2D eigenvalue weighted by molar-refractivity contribution is 1.14. The molecule has 0 unspecified atom stereocenters. The van der Waals surface area contributed by atoms with Crippen LogP contribution >= 0.6 is 24.0 Å². The molecule has 0 atom stereocenters. The van der Waals surface area contributed by atoms with E-state index in [1.54, 1.807) is 6.20 Å². The smallest absolute Gasteiger partial charge is 0.103 e. The summed E-state index contributed by atoms with van der Waals surface area (Å²) in [5.41, 5.74) is 4.27. The van der Waals surface area contributed by atoms with Crippen LogP contribution in [0.4, 0.5) is 11.4 Å². The van der Waals surface area contributed by atoms with Crippen LogP contribution < -0.4 is 5.32 Å². The molecule has 0 spiro atoms. The van der Waals surface area contributed by atoms with Crippen LogP contribution in [0.25, 0.3) is 10.9 Å². The maximum atomic E-state index is 9.38. The van der Waals surface area contributed by atoms with E-state index in [9.17, 15) is 5.26 Å². The van der Waals surface area contributed by atoms with Crippen LogP contribution in [0.15, 0.2) is 48.7 Å². The molecule has 0 bridgehead atoms. The quantitative estimate of drug-likeness (QED) is 0.684. The highest BCUT2D eigenvalue weighted by Gasteiger charge is 2.10. The Morgan fingerprint density at radius 1 is 1.17 bits per heavy atom. The zero-order valence-electron chi connectivity index (χ0n) is 12.5. The van der Waals surface area contributed by atoms with Gasteiger partial charge < -0.3 is 5.32 Å². The van der Waals surface area contributed by atoms with E-state index in [-0.39, 0.29) is 12.4 Å². The van der Waals surface area contributed by atoms with Gasteiger partial charge in [0.15, 0.2) is 0 Å². The number of benzene rings is 2. The third kappa shape index (κ3) is 3.56. The van der Waals surface area contributed by atoms with Crippen molar-refractivity contribution in [3.05, 3.63) is 64.8 Å². The van der Waals surface area contributed by atoms with Gasteiger partial charge >= 0.3 is 0 Å². The first-order chi connectivity index (χ1) is 10.7. The van der Waals surface area contributed by atoms with Crippen LogP contribution in [0.3, 0.4) is 0 Å². The molecule has 0 amide bonds. The molecule has 3 aromatic rings. The van der Waals surface area contributed by atoms with Crippen molar-refractivity contribution in [1.82, 2.24) is 4.98 Å². The molecule has 1 heterocycles. The minimum absolute atomic E-state index is 0. The summed E-state index contributed by atoms with van der Waals surface area (Å²) in [5.74, 6) is 0. The fourth-order valence-corrected chi connectivity index (χ4v) is 2.48. The van der Waals surface area contributed by atoms with Crippen LogP contribution in [-0.4, -0.2) is 4.98 Å². The molecule has 0 aliphatic rings. The number of fused-ring (bicyclic) bond motifs is 1. The van der Waals surface area contributed by atoms with Crippen molar-refractivity contribution in [2.75, 3.05) is 5.32 Å². The Hall–Kier alpha value is -2.28. The number of aromatic nitrogens is 1. The Kier molecular flexibility index (Phi) is 5.44. The number of nitrogens with zero attached hydrogens (tertiary/aromatic N) is 2. The van der Waals surface area contributed by atoms with Crippen molar-refractivity contribution in [2.24, 2.45) is 0 Å². The summed E-state index contributed by atoms with van der Waals surface area (Å²) in [6.07, 6.45) is 2.54. The molecule has 0 saturated heterocycles. The second-order valence-electron chi connectivity index (χ2n) is 5.00. The average Bonchev–Trinajstić information content (AvgIpc) is 2.56. The van der Waals surface area contributed by atoms with E-state index in [4.69, 9.17) is 11.6 Å². The Morgan fingerprint density at radius 2 is 1.91 bits per heavy atom. The molecule has 0 radical (unpaired) electrons. The number of rotatable bonds is 3. The first-order valence-electron chi connectivity index (χ1n) is 7.05. The first kappa shape index (κ1) is 17.1. The van der Waals surface area contributed by atoms with Crippen molar-refractivity contribution >= 4 is 46.3 Å². The highest BCUT2D eigenvalue weighted by molar-refractivity contribution is 6.30. The van der Waals surface area contributed by atoms with Crippen LogP contribution in [0, 0.1) is 11.3 Å². The molecule has 5 heteroatoms. The Bertz CT molecular complexity index is 868. The van der Waals surface area contributed by atoms with E-state index in [1.807, 2.05) is 30.3 Å². The van der Waals surface area contributed by atoms with Gasteiger partial charge in [-0.05, 0) is 48.4 Å². The Balaban J connectivity index is 0.00000192. The molecule has 1 aromatic heterocycles. The summed E-state index contributed by atoms with van der Waals surface area (Å²) < 4.78 is 0. The van der Waals surface area contributed by atoms with Gasteiger partial charge in [0.05, 0.1) is 16.8 Å². The number of nitrogens with one attached hydrogen (secondary N) is 1. The zero-order chi connectivity index (χ0) is 15.5. The van der Waals surface area contributed by atoms with Crippen LogP contribution in [-0.2, 0) is 6.42 Å². The van der Waals surface area contributed by atoms with Crippen LogP contribution in [0.2, 0.25) is 5.02 Å². The van der Waals surface area contributed by atoms with Gasteiger partial charge in [0, 0.05) is 22.3 Å². The predicted octanol–water partition coefficient (Wildman–Crippen LogP) is 5.49. The van der Waals surface area contributed by atoms with E-state index in [0.717, 1.165) is 28.7 Å². The highest BCUT2D eigenvalue weighted by Crippen LogP contribution is 2.30. The summed E-state index contributed by atoms with van der Waals surface area (Å²) in [5, 5.41) is 14.3. The molecular weight excluding hydrogens is 329 g/mol. The molecule has 1 N–H and O–H groups in total. The lowest BCUT2D eigenvalue weighted by Gasteiger charge is -2.12. The number of pyridine rings is 1.